The van der Waals surface area contributed by atoms with Gasteiger partial charge in [0.15, 0.2) is 0 Å². The van der Waals surface area contributed by atoms with Crippen molar-refractivity contribution in [2.75, 3.05) is 0 Å². The maximum atomic E-state index is 9.37. The summed E-state index contributed by atoms with van der Waals surface area (Å²) in [5.41, 5.74) is 0. The summed E-state index contributed by atoms with van der Waals surface area (Å²) in [7, 11) is 0. The van der Waals surface area contributed by atoms with Gasteiger partial charge >= 0.3 is 0 Å². The average molecular weight is 179 g/mol. The number of rotatable bonds is 1. The number of hydrogen-bond acceptors (Lipinski definition) is 2. The highest BCUT2D eigenvalue weighted by Gasteiger charge is 2.24. The first kappa shape index (κ1) is 8.82. The van der Waals surface area contributed by atoms with Gasteiger partial charge in [-0.2, -0.15) is 0 Å². The van der Waals surface area contributed by atoms with Gasteiger partial charge < -0.3 is 10.4 Å². The molecule has 0 radical (unpaired) electrons. The summed E-state index contributed by atoms with van der Waals surface area (Å²) in [5, 5.41) is 12.7. The van der Waals surface area contributed by atoms with Gasteiger partial charge in [0.2, 0.25) is 0 Å². The third-order valence-electron chi connectivity index (χ3n) is 3.06. The van der Waals surface area contributed by atoms with E-state index in [9.17, 15) is 5.11 Å². The van der Waals surface area contributed by atoms with E-state index in [4.69, 9.17) is 0 Å². The molecule has 1 heterocycles. The van der Waals surface area contributed by atoms with Crippen LogP contribution >= 0.6 is 0 Å². The SMILES string of the molecule is OC1CCC(C2C=CC=CN2)CC1. The first-order valence-corrected chi connectivity index (χ1v) is 5.14. The van der Waals surface area contributed by atoms with E-state index in [1.807, 2.05) is 12.3 Å². The van der Waals surface area contributed by atoms with Crippen molar-refractivity contribution < 1.29 is 5.11 Å². The maximum Gasteiger partial charge on any atom is 0.0540 e. The summed E-state index contributed by atoms with van der Waals surface area (Å²) < 4.78 is 0. The van der Waals surface area contributed by atoms with Crippen molar-refractivity contribution in [3.8, 4) is 0 Å². The fraction of sp³-hybridized carbons (Fsp3) is 0.636. The van der Waals surface area contributed by atoms with Crippen molar-refractivity contribution in [2.24, 2.45) is 5.92 Å². The number of allylic oxidation sites excluding steroid dienone is 2. The molecule has 0 aromatic rings. The molecule has 72 valence electrons. The summed E-state index contributed by atoms with van der Waals surface area (Å²) in [6.07, 6.45) is 12.6. The van der Waals surface area contributed by atoms with Crippen LogP contribution in [-0.4, -0.2) is 17.3 Å². The van der Waals surface area contributed by atoms with E-state index in [0.717, 1.165) is 25.7 Å². The normalized spacial score (nSPS) is 38.7. The standard InChI is InChI=1S/C11H17NO/c13-10-6-4-9(5-7-10)11-3-1-2-8-12-11/h1-3,8-13H,4-7H2. The van der Waals surface area contributed by atoms with Gasteiger partial charge in [-0.1, -0.05) is 12.2 Å². The summed E-state index contributed by atoms with van der Waals surface area (Å²) in [6, 6.07) is 0.498. The molecule has 13 heavy (non-hydrogen) atoms. The molecule has 2 heteroatoms. The predicted octanol–water partition coefficient (Wildman–Crippen LogP) is 1.58. The van der Waals surface area contributed by atoms with Crippen LogP contribution in [-0.2, 0) is 0 Å². The monoisotopic (exact) mass is 179 g/mol. The molecule has 0 amide bonds. The highest BCUT2D eigenvalue weighted by Crippen LogP contribution is 2.27. The second kappa shape index (κ2) is 3.97. The number of aliphatic hydroxyl groups excluding tert-OH is 1. The summed E-state index contributed by atoms with van der Waals surface area (Å²) in [6.45, 7) is 0. The maximum absolute atomic E-state index is 9.37. The van der Waals surface area contributed by atoms with Gasteiger partial charge in [-0.3, -0.25) is 0 Å². The van der Waals surface area contributed by atoms with Crippen molar-refractivity contribution in [3.05, 3.63) is 24.4 Å². The van der Waals surface area contributed by atoms with Crippen LogP contribution in [0.5, 0.6) is 0 Å². The molecule has 2 nitrogen and oxygen atoms in total. The quantitative estimate of drug-likeness (QED) is 0.640. The van der Waals surface area contributed by atoms with Gasteiger partial charge in [-0.25, -0.2) is 0 Å². The third kappa shape index (κ3) is 2.13. The number of dihydropyridines is 1. The Morgan fingerprint density at radius 2 is 1.85 bits per heavy atom. The van der Waals surface area contributed by atoms with Gasteiger partial charge in [0.25, 0.3) is 0 Å². The molecule has 0 bridgehead atoms. The number of nitrogens with one attached hydrogen (secondary N) is 1. The molecule has 1 aliphatic carbocycles. The Balaban J connectivity index is 1.87. The zero-order valence-corrected chi connectivity index (χ0v) is 7.82. The van der Waals surface area contributed by atoms with Crippen LogP contribution in [0.3, 0.4) is 0 Å². The fourth-order valence-corrected chi connectivity index (χ4v) is 2.22. The lowest BCUT2D eigenvalue weighted by atomic mass is 9.82. The lowest BCUT2D eigenvalue weighted by Crippen LogP contribution is -2.35. The van der Waals surface area contributed by atoms with E-state index < -0.39 is 0 Å². The Kier molecular flexibility index (Phi) is 2.69. The minimum absolute atomic E-state index is 0.0423. The van der Waals surface area contributed by atoms with Gasteiger partial charge in [0, 0.05) is 6.04 Å². The van der Waals surface area contributed by atoms with Gasteiger partial charge in [-0.15, -0.1) is 0 Å². The number of aliphatic hydroxyl groups is 1. The molecule has 0 saturated heterocycles. The Bertz CT molecular complexity index is 214. The zero-order valence-electron chi connectivity index (χ0n) is 7.82. The average Bonchev–Trinajstić information content (AvgIpc) is 2.20. The van der Waals surface area contributed by atoms with Crippen LogP contribution < -0.4 is 5.32 Å². The highest BCUT2D eigenvalue weighted by molar-refractivity contribution is 5.13. The fourth-order valence-electron chi connectivity index (χ4n) is 2.22. The van der Waals surface area contributed by atoms with Crippen molar-refractivity contribution in [1.29, 1.82) is 0 Å². The van der Waals surface area contributed by atoms with Crippen molar-refractivity contribution in [1.82, 2.24) is 5.32 Å². The molecular weight excluding hydrogens is 162 g/mol. The largest absolute Gasteiger partial charge is 0.393 e. The molecule has 1 fully saturated rings. The van der Waals surface area contributed by atoms with Crippen LogP contribution in [0.25, 0.3) is 0 Å². The van der Waals surface area contributed by atoms with Crippen LogP contribution in [0, 0.1) is 5.92 Å². The summed E-state index contributed by atoms with van der Waals surface area (Å²) in [5.74, 6) is 0.713. The molecular formula is C11H17NO. The van der Waals surface area contributed by atoms with Gasteiger partial charge in [-0.05, 0) is 43.9 Å². The molecule has 0 aromatic carbocycles. The summed E-state index contributed by atoms with van der Waals surface area (Å²) >= 11 is 0. The molecule has 1 atom stereocenters. The van der Waals surface area contributed by atoms with E-state index in [2.05, 4.69) is 17.5 Å². The first-order valence-electron chi connectivity index (χ1n) is 5.14. The number of hydrogen-bond donors (Lipinski definition) is 2. The van der Waals surface area contributed by atoms with Crippen molar-refractivity contribution in [2.45, 2.75) is 37.8 Å². The van der Waals surface area contributed by atoms with Crippen molar-refractivity contribution >= 4 is 0 Å². The van der Waals surface area contributed by atoms with Crippen LogP contribution in [0.2, 0.25) is 0 Å². The molecule has 0 aromatic heterocycles. The van der Waals surface area contributed by atoms with Crippen LogP contribution in [0.15, 0.2) is 24.4 Å². The third-order valence-corrected chi connectivity index (χ3v) is 3.06. The minimum atomic E-state index is -0.0423. The van der Waals surface area contributed by atoms with E-state index in [1.165, 1.54) is 0 Å². The molecule has 2 N–H and O–H groups in total. The van der Waals surface area contributed by atoms with Gasteiger partial charge in [0.1, 0.15) is 0 Å². The Hall–Kier alpha value is -0.760. The molecule has 1 saturated carbocycles. The molecule has 1 unspecified atom stereocenters. The Labute approximate surface area is 79.3 Å². The predicted molar refractivity (Wildman–Crippen MR) is 53.2 cm³/mol. The van der Waals surface area contributed by atoms with E-state index >= 15 is 0 Å². The lowest BCUT2D eigenvalue weighted by molar-refractivity contribution is 0.103. The highest BCUT2D eigenvalue weighted by atomic mass is 16.3. The Morgan fingerprint density at radius 1 is 1.08 bits per heavy atom. The van der Waals surface area contributed by atoms with E-state index in [1.54, 1.807) is 0 Å². The topological polar surface area (TPSA) is 32.3 Å². The molecule has 2 aliphatic rings. The summed E-state index contributed by atoms with van der Waals surface area (Å²) in [4.78, 5) is 0. The van der Waals surface area contributed by atoms with Crippen LogP contribution in [0.1, 0.15) is 25.7 Å². The molecule has 0 spiro atoms. The van der Waals surface area contributed by atoms with E-state index in [-0.39, 0.29) is 6.10 Å². The van der Waals surface area contributed by atoms with Crippen LogP contribution in [0.4, 0.5) is 0 Å². The smallest absolute Gasteiger partial charge is 0.0540 e. The second-order valence-electron chi connectivity index (χ2n) is 4.01. The van der Waals surface area contributed by atoms with E-state index in [0.29, 0.717) is 12.0 Å². The zero-order chi connectivity index (χ0) is 9.10. The molecule has 2 rings (SSSR count). The molecule has 1 aliphatic heterocycles. The lowest BCUT2D eigenvalue weighted by Gasteiger charge is -2.31. The second-order valence-corrected chi connectivity index (χ2v) is 4.01. The Morgan fingerprint density at radius 3 is 2.46 bits per heavy atom. The van der Waals surface area contributed by atoms with Crippen molar-refractivity contribution in [3.63, 3.8) is 0 Å². The first-order chi connectivity index (χ1) is 6.36. The van der Waals surface area contributed by atoms with Gasteiger partial charge in [0.05, 0.1) is 6.10 Å². The minimum Gasteiger partial charge on any atom is -0.393 e.